The lowest BCUT2D eigenvalue weighted by Gasteiger charge is -2.41. The van der Waals surface area contributed by atoms with Crippen molar-refractivity contribution >= 4 is 11.9 Å². The van der Waals surface area contributed by atoms with Gasteiger partial charge in [-0.2, -0.15) is 0 Å². The van der Waals surface area contributed by atoms with Crippen molar-refractivity contribution in [2.24, 2.45) is 11.1 Å². The minimum atomic E-state index is -0.878. The molecule has 92 valence electrons. The summed E-state index contributed by atoms with van der Waals surface area (Å²) in [6.07, 6.45) is 3.63. The van der Waals surface area contributed by atoms with E-state index in [0.717, 1.165) is 19.3 Å². The fourth-order valence-electron chi connectivity index (χ4n) is 1.97. The summed E-state index contributed by atoms with van der Waals surface area (Å²) in [5.41, 5.74) is 5.67. The predicted octanol–water partition coefficient (Wildman–Crippen LogP) is 0.439. The molecule has 0 aliphatic heterocycles. The van der Waals surface area contributed by atoms with E-state index < -0.39 is 5.97 Å². The molecular formula is C11H20N2O3. The lowest BCUT2D eigenvalue weighted by atomic mass is 9.66. The van der Waals surface area contributed by atoms with Crippen molar-refractivity contribution < 1.29 is 14.7 Å². The molecule has 0 aromatic carbocycles. The number of carbonyl (C=O) groups excluding carboxylic acids is 1. The Hall–Kier alpha value is -1.10. The first-order valence-corrected chi connectivity index (χ1v) is 5.65. The summed E-state index contributed by atoms with van der Waals surface area (Å²) in [4.78, 5) is 23.7. The van der Waals surface area contributed by atoms with Crippen LogP contribution >= 0.6 is 0 Å². The van der Waals surface area contributed by atoms with Crippen molar-refractivity contribution in [1.29, 1.82) is 0 Å². The van der Waals surface area contributed by atoms with Crippen molar-refractivity contribution in [3.05, 3.63) is 0 Å². The van der Waals surface area contributed by atoms with Gasteiger partial charge in [-0.15, -0.1) is 0 Å². The second-order valence-corrected chi connectivity index (χ2v) is 4.69. The first kappa shape index (κ1) is 13.0. The number of rotatable bonds is 6. The molecule has 0 heterocycles. The molecule has 1 aliphatic rings. The molecule has 1 saturated carbocycles. The highest BCUT2D eigenvalue weighted by Gasteiger charge is 2.38. The maximum absolute atomic E-state index is 11.8. The zero-order chi connectivity index (χ0) is 12.2. The lowest BCUT2D eigenvalue weighted by molar-refractivity contribution is -0.138. The molecule has 0 saturated heterocycles. The third-order valence-electron chi connectivity index (χ3n) is 3.46. The van der Waals surface area contributed by atoms with Crippen LogP contribution in [-0.4, -0.2) is 42.0 Å². The Labute approximate surface area is 95.6 Å². The Balaban J connectivity index is 2.36. The smallest absolute Gasteiger partial charge is 0.305 e. The Morgan fingerprint density at radius 2 is 2.06 bits per heavy atom. The number of carbonyl (C=O) groups is 2. The molecule has 0 unspecified atom stereocenters. The van der Waals surface area contributed by atoms with Gasteiger partial charge in [0, 0.05) is 20.0 Å². The lowest BCUT2D eigenvalue weighted by Crippen LogP contribution is -2.42. The molecule has 0 bridgehead atoms. The van der Waals surface area contributed by atoms with E-state index in [1.54, 1.807) is 7.05 Å². The van der Waals surface area contributed by atoms with Gasteiger partial charge in [-0.25, -0.2) is 0 Å². The van der Waals surface area contributed by atoms with Gasteiger partial charge in [0.25, 0.3) is 0 Å². The van der Waals surface area contributed by atoms with Crippen LogP contribution in [0.4, 0.5) is 0 Å². The van der Waals surface area contributed by atoms with Crippen LogP contribution in [0.2, 0.25) is 0 Å². The van der Waals surface area contributed by atoms with Crippen LogP contribution in [0.3, 0.4) is 0 Å². The summed E-state index contributed by atoms with van der Waals surface area (Å²) in [6.45, 7) is 0.820. The minimum Gasteiger partial charge on any atom is -0.481 e. The number of nitrogens with zero attached hydrogens (tertiary/aromatic N) is 1. The predicted molar refractivity (Wildman–Crippen MR) is 59.8 cm³/mol. The van der Waals surface area contributed by atoms with Crippen molar-refractivity contribution in [1.82, 2.24) is 4.90 Å². The fourth-order valence-corrected chi connectivity index (χ4v) is 1.97. The van der Waals surface area contributed by atoms with E-state index in [-0.39, 0.29) is 24.3 Å². The zero-order valence-electron chi connectivity index (χ0n) is 9.74. The second kappa shape index (κ2) is 5.30. The Kier molecular flexibility index (Phi) is 4.29. The molecule has 1 aliphatic carbocycles. The number of carboxylic acids is 1. The molecule has 0 aromatic rings. The van der Waals surface area contributed by atoms with Gasteiger partial charge in [0.15, 0.2) is 0 Å². The van der Waals surface area contributed by atoms with Crippen molar-refractivity contribution in [2.45, 2.75) is 32.1 Å². The topological polar surface area (TPSA) is 83.6 Å². The van der Waals surface area contributed by atoms with Gasteiger partial charge in [-0.05, 0) is 24.8 Å². The summed E-state index contributed by atoms with van der Waals surface area (Å²) in [5.74, 6) is -0.872. The molecule has 1 rings (SSSR count). The normalized spacial score (nSPS) is 17.6. The maximum atomic E-state index is 11.8. The van der Waals surface area contributed by atoms with Crippen molar-refractivity contribution in [3.8, 4) is 0 Å². The molecular weight excluding hydrogens is 208 g/mol. The van der Waals surface area contributed by atoms with Gasteiger partial charge in [0.1, 0.15) is 0 Å². The van der Waals surface area contributed by atoms with Crippen LogP contribution in [0.5, 0.6) is 0 Å². The van der Waals surface area contributed by atoms with E-state index in [9.17, 15) is 9.59 Å². The SMILES string of the molecule is CN(CCC(=O)O)C(=O)CC1(CN)CCC1. The summed E-state index contributed by atoms with van der Waals surface area (Å²) in [5, 5.41) is 8.52. The Morgan fingerprint density at radius 1 is 1.44 bits per heavy atom. The number of aliphatic carboxylic acids is 1. The average molecular weight is 228 g/mol. The van der Waals surface area contributed by atoms with Crippen LogP contribution < -0.4 is 5.73 Å². The molecule has 1 fully saturated rings. The highest BCUT2D eigenvalue weighted by Crippen LogP contribution is 2.43. The Morgan fingerprint density at radius 3 is 2.44 bits per heavy atom. The number of amides is 1. The van der Waals surface area contributed by atoms with E-state index in [4.69, 9.17) is 10.8 Å². The minimum absolute atomic E-state index is 0.00212. The Bertz CT molecular complexity index is 269. The number of nitrogens with two attached hydrogens (primary N) is 1. The molecule has 0 atom stereocenters. The monoisotopic (exact) mass is 228 g/mol. The fraction of sp³-hybridized carbons (Fsp3) is 0.818. The van der Waals surface area contributed by atoms with Gasteiger partial charge in [-0.3, -0.25) is 9.59 Å². The third-order valence-corrected chi connectivity index (χ3v) is 3.46. The molecule has 1 amide bonds. The first-order valence-electron chi connectivity index (χ1n) is 5.65. The zero-order valence-corrected chi connectivity index (χ0v) is 9.74. The number of carboxylic acid groups (broad SMARTS) is 1. The van der Waals surface area contributed by atoms with Gasteiger partial charge in [0.2, 0.25) is 5.91 Å². The molecule has 5 nitrogen and oxygen atoms in total. The van der Waals surface area contributed by atoms with E-state index in [1.165, 1.54) is 4.90 Å². The van der Waals surface area contributed by atoms with Crippen LogP contribution in [0.25, 0.3) is 0 Å². The summed E-state index contributed by atoms with van der Waals surface area (Å²) in [6, 6.07) is 0. The highest BCUT2D eigenvalue weighted by atomic mass is 16.4. The average Bonchev–Trinajstić information content (AvgIpc) is 2.19. The third kappa shape index (κ3) is 3.20. The van der Waals surface area contributed by atoms with Crippen molar-refractivity contribution in [3.63, 3.8) is 0 Å². The van der Waals surface area contributed by atoms with Crippen LogP contribution in [0.1, 0.15) is 32.1 Å². The molecule has 16 heavy (non-hydrogen) atoms. The summed E-state index contributed by atoms with van der Waals surface area (Å²) < 4.78 is 0. The standard InChI is InChI=1S/C11H20N2O3/c1-13(6-3-10(15)16)9(14)7-11(8-12)4-2-5-11/h2-8,12H2,1H3,(H,15,16). The number of hydrogen-bond acceptors (Lipinski definition) is 3. The van der Waals surface area contributed by atoms with E-state index in [2.05, 4.69) is 0 Å². The first-order chi connectivity index (χ1) is 7.49. The molecule has 3 N–H and O–H groups in total. The molecule has 0 spiro atoms. The molecule has 0 radical (unpaired) electrons. The number of hydrogen-bond donors (Lipinski definition) is 2. The summed E-state index contributed by atoms with van der Waals surface area (Å²) >= 11 is 0. The van der Waals surface area contributed by atoms with Crippen LogP contribution in [0.15, 0.2) is 0 Å². The van der Waals surface area contributed by atoms with Gasteiger partial charge < -0.3 is 15.7 Å². The van der Waals surface area contributed by atoms with Gasteiger partial charge in [-0.1, -0.05) is 6.42 Å². The molecule has 5 heteroatoms. The van der Waals surface area contributed by atoms with E-state index in [1.807, 2.05) is 0 Å². The highest BCUT2D eigenvalue weighted by molar-refractivity contribution is 5.77. The quantitative estimate of drug-likeness (QED) is 0.691. The molecule has 0 aromatic heterocycles. The van der Waals surface area contributed by atoms with E-state index >= 15 is 0 Å². The summed E-state index contributed by atoms with van der Waals surface area (Å²) in [7, 11) is 1.65. The van der Waals surface area contributed by atoms with Crippen LogP contribution in [0, 0.1) is 5.41 Å². The largest absolute Gasteiger partial charge is 0.481 e. The van der Waals surface area contributed by atoms with Crippen LogP contribution in [-0.2, 0) is 9.59 Å². The van der Waals surface area contributed by atoms with E-state index in [0.29, 0.717) is 13.0 Å². The second-order valence-electron chi connectivity index (χ2n) is 4.69. The van der Waals surface area contributed by atoms with Gasteiger partial charge in [0.05, 0.1) is 6.42 Å². The maximum Gasteiger partial charge on any atom is 0.305 e. The van der Waals surface area contributed by atoms with Gasteiger partial charge >= 0.3 is 5.97 Å². The van der Waals surface area contributed by atoms with Crippen molar-refractivity contribution in [2.75, 3.05) is 20.1 Å².